The van der Waals surface area contributed by atoms with Crippen LogP contribution in [-0.4, -0.2) is 16.5 Å². The van der Waals surface area contributed by atoms with E-state index < -0.39 is 5.82 Å². The lowest BCUT2D eigenvalue weighted by Crippen LogP contribution is -1.93. The Balaban J connectivity index is 1.82. The molecular formula is C15H12FN3OS. The summed E-state index contributed by atoms with van der Waals surface area (Å²) in [6.07, 6.45) is 0. The van der Waals surface area contributed by atoms with E-state index in [1.165, 1.54) is 24.7 Å². The summed E-state index contributed by atoms with van der Waals surface area (Å²) in [4.78, 5) is 4.42. The molecule has 2 aromatic carbocycles. The number of aromatic nitrogens is 2. The molecule has 1 N–H and O–H groups in total. The SMILES string of the molecule is COc1cc(Nc2nc(-c3ccccc3)ns2)ccc1F. The number of hydrogen-bond donors (Lipinski definition) is 1. The van der Waals surface area contributed by atoms with Crippen molar-refractivity contribution < 1.29 is 9.13 Å². The molecule has 0 saturated heterocycles. The summed E-state index contributed by atoms with van der Waals surface area (Å²) in [5, 5.41) is 3.74. The van der Waals surface area contributed by atoms with Crippen LogP contribution in [0.4, 0.5) is 15.2 Å². The van der Waals surface area contributed by atoms with Crippen molar-refractivity contribution in [1.82, 2.24) is 9.36 Å². The lowest BCUT2D eigenvalue weighted by Gasteiger charge is -2.05. The first kappa shape index (κ1) is 13.5. The number of nitrogens with zero attached hydrogens (tertiary/aromatic N) is 2. The quantitative estimate of drug-likeness (QED) is 0.788. The molecule has 3 aromatic rings. The zero-order valence-corrected chi connectivity index (χ0v) is 12.0. The van der Waals surface area contributed by atoms with Crippen molar-refractivity contribution in [3.63, 3.8) is 0 Å². The number of rotatable bonds is 4. The van der Waals surface area contributed by atoms with Crippen molar-refractivity contribution in [3.8, 4) is 17.1 Å². The van der Waals surface area contributed by atoms with Crippen molar-refractivity contribution in [2.24, 2.45) is 0 Å². The van der Waals surface area contributed by atoms with Gasteiger partial charge in [0, 0.05) is 28.8 Å². The molecule has 0 aliphatic rings. The molecule has 0 aliphatic heterocycles. The number of benzene rings is 2. The minimum atomic E-state index is -0.398. The molecule has 0 amide bonds. The van der Waals surface area contributed by atoms with Gasteiger partial charge in [0.05, 0.1) is 7.11 Å². The van der Waals surface area contributed by atoms with Gasteiger partial charge in [-0.25, -0.2) is 4.39 Å². The fraction of sp³-hybridized carbons (Fsp3) is 0.0667. The predicted octanol–water partition coefficient (Wildman–Crippen LogP) is 4.10. The average molecular weight is 301 g/mol. The highest BCUT2D eigenvalue weighted by atomic mass is 32.1. The van der Waals surface area contributed by atoms with Crippen molar-refractivity contribution in [2.45, 2.75) is 0 Å². The molecule has 0 bridgehead atoms. The third-order valence-electron chi connectivity index (χ3n) is 2.86. The third kappa shape index (κ3) is 3.00. The molecule has 0 radical (unpaired) electrons. The van der Waals surface area contributed by atoms with Crippen molar-refractivity contribution in [1.29, 1.82) is 0 Å². The van der Waals surface area contributed by atoms with Crippen LogP contribution >= 0.6 is 11.5 Å². The number of hydrogen-bond acceptors (Lipinski definition) is 5. The smallest absolute Gasteiger partial charge is 0.207 e. The molecule has 0 atom stereocenters. The Kier molecular flexibility index (Phi) is 3.79. The first-order chi connectivity index (χ1) is 10.3. The standard InChI is InChI=1S/C15H12FN3OS/c1-20-13-9-11(7-8-12(13)16)17-15-18-14(19-21-15)10-5-3-2-4-6-10/h2-9H,1H3,(H,17,18,19). The first-order valence-electron chi connectivity index (χ1n) is 6.26. The lowest BCUT2D eigenvalue weighted by atomic mass is 10.2. The van der Waals surface area contributed by atoms with E-state index in [0.29, 0.717) is 16.6 Å². The molecule has 1 heterocycles. The van der Waals surface area contributed by atoms with Gasteiger partial charge in [0.25, 0.3) is 0 Å². The first-order valence-corrected chi connectivity index (χ1v) is 7.03. The maximum Gasteiger partial charge on any atom is 0.207 e. The van der Waals surface area contributed by atoms with Gasteiger partial charge in [-0.1, -0.05) is 30.3 Å². The number of methoxy groups -OCH3 is 1. The zero-order chi connectivity index (χ0) is 14.7. The number of nitrogens with one attached hydrogen (secondary N) is 1. The Hall–Kier alpha value is -2.47. The summed E-state index contributed by atoms with van der Waals surface area (Å²) in [7, 11) is 1.43. The van der Waals surface area contributed by atoms with Gasteiger partial charge in [0.1, 0.15) is 0 Å². The molecule has 0 spiro atoms. The van der Waals surface area contributed by atoms with E-state index in [4.69, 9.17) is 4.74 Å². The second-order valence-electron chi connectivity index (χ2n) is 4.26. The maximum atomic E-state index is 13.4. The Morgan fingerprint density at radius 1 is 1.14 bits per heavy atom. The van der Waals surface area contributed by atoms with Crippen LogP contribution < -0.4 is 10.1 Å². The van der Waals surface area contributed by atoms with Gasteiger partial charge in [0.2, 0.25) is 5.13 Å². The number of anilines is 2. The van der Waals surface area contributed by atoms with Crippen molar-refractivity contribution in [2.75, 3.05) is 12.4 Å². The van der Waals surface area contributed by atoms with E-state index in [1.807, 2.05) is 30.3 Å². The van der Waals surface area contributed by atoms with Gasteiger partial charge in [-0.05, 0) is 12.1 Å². The van der Waals surface area contributed by atoms with Gasteiger partial charge in [-0.3, -0.25) is 0 Å². The highest BCUT2D eigenvalue weighted by molar-refractivity contribution is 7.09. The minimum absolute atomic E-state index is 0.188. The van der Waals surface area contributed by atoms with Crippen LogP contribution in [0.15, 0.2) is 48.5 Å². The summed E-state index contributed by atoms with van der Waals surface area (Å²) in [5.41, 5.74) is 1.66. The van der Waals surface area contributed by atoms with Crippen LogP contribution in [0.25, 0.3) is 11.4 Å². The number of ether oxygens (including phenoxy) is 1. The van der Waals surface area contributed by atoms with Crippen LogP contribution in [0.3, 0.4) is 0 Å². The zero-order valence-electron chi connectivity index (χ0n) is 11.2. The van der Waals surface area contributed by atoms with Gasteiger partial charge >= 0.3 is 0 Å². The fourth-order valence-corrected chi connectivity index (χ4v) is 2.45. The van der Waals surface area contributed by atoms with Crippen LogP contribution in [0.5, 0.6) is 5.75 Å². The highest BCUT2D eigenvalue weighted by Gasteiger charge is 2.08. The van der Waals surface area contributed by atoms with Crippen molar-refractivity contribution in [3.05, 3.63) is 54.3 Å². The predicted molar refractivity (Wildman–Crippen MR) is 81.6 cm³/mol. The van der Waals surface area contributed by atoms with Crippen LogP contribution in [0.1, 0.15) is 0 Å². The molecule has 0 unspecified atom stereocenters. The number of halogens is 1. The Morgan fingerprint density at radius 2 is 1.95 bits per heavy atom. The molecular weight excluding hydrogens is 289 g/mol. The minimum Gasteiger partial charge on any atom is -0.494 e. The average Bonchev–Trinajstić information content (AvgIpc) is 2.98. The van der Waals surface area contributed by atoms with Crippen LogP contribution in [0, 0.1) is 5.82 Å². The van der Waals surface area contributed by atoms with E-state index in [-0.39, 0.29) is 5.75 Å². The molecule has 3 rings (SSSR count). The van der Waals surface area contributed by atoms with Crippen molar-refractivity contribution >= 4 is 22.4 Å². The summed E-state index contributed by atoms with van der Waals surface area (Å²) >= 11 is 1.25. The van der Waals surface area contributed by atoms with Gasteiger partial charge < -0.3 is 10.1 Å². The molecule has 0 aliphatic carbocycles. The fourth-order valence-electron chi connectivity index (χ4n) is 1.84. The monoisotopic (exact) mass is 301 g/mol. The van der Waals surface area contributed by atoms with Gasteiger partial charge in [-0.15, -0.1) is 0 Å². The second kappa shape index (κ2) is 5.88. The Morgan fingerprint density at radius 3 is 2.71 bits per heavy atom. The second-order valence-corrected chi connectivity index (χ2v) is 5.02. The van der Waals surface area contributed by atoms with E-state index in [0.717, 1.165) is 5.56 Å². The van der Waals surface area contributed by atoms with E-state index >= 15 is 0 Å². The van der Waals surface area contributed by atoms with Crippen LogP contribution in [0.2, 0.25) is 0 Å². The van der Waals surface area contributed by atoms with Gasteiger partial charge in [-0.2, -0.15) is 9.36 Å². The summed E-state index contributed by atoms with van der Waals surface area (Å²) in [6.45, 7) is 0. The molecule has 21 heavy (non-hydrogen) atoms. The van der Waals surface area contributed by atoms with E-state index in [9.17, 15) is 4.39 Å². The van der Waals surface area contributed by atoms with E-state index in [2.05, 4.69) is 14.7 Å². The summed E-state index contributed by atoms with van der Waals surface area (Å²) in [6, 6.07) is 14.3. The molecule has 0 saturated carbocycles. The largest absolute Gasteiger partial charge is 0.494 e. The third-order valence-corrected chi connectivity index (χ3v) is 3.49. The molecule has 1 aromatic heterocycles. The summed E-state index contributed by atoms with van der Waals surface area (Å²) < 4.78 is 22.6. The van der Waals surface area contributed by atoms with Crippen LogP contribution in [-0.2, 0) is 0 Å². The Bertz CT molecular complexity index is 746. The maximum absolute atomic E-state index is 13.4. The topological polar surface area (TPSA) is 47.0 Å². The molecule has 0 fully saturated rings. The highest BCUT2D eigenvalue weighted by Crippen LogP contribution is 2.27. The molecule has 6 heteroatoms. The Labute approximate surface area is 125 Å². The van der Waals surface area contributed by atoms with E-state index in [1.54, 1.807) is 12.1 Å². The lowest BCUT2D eigenvalue weighted by molar-refractivity contribution is 0.387. The summed E-state index contributed by atoms with van der Waals surface area (Å²) in [5.74, 6) is 0.454. The molecule has 4 nitrogen and oxygen atoms in total. The normalized spacial score (nSPS) is 10.4. The van der Waals surface area contributed by atoms with Gasteiger partial charge in [0.15, 0.2) is 17.4 Å². The molecule has 106 valence electrons.